The van der Waals surface area contributed by atoms with Crippen LogP contribution in [0.3, 0.4) is 0 Å². The van der Waals surface area contributed by atoms with Gasteiger partial charge in [-0.3, -0.25) is 4.79 Å². The summed E-state index contributed by atoms with van der Waals surface area (Å²) in [7, 11) is 0. The number of hydrogen-bond acceptors (Lipinski definition) is 5. The number of halogens is 1. The van der Waals surface area contributed by atoms with E-state index in [9.17, 15) is 4.79 Å². The van der Waals surface area contributed by atoms with Gasteiger partial charge in [0.05, 0.1) is 13.0 Å². The molecule has 0 saturated carbocycles. The molecular weight excluding hydrogens is 322 g/mol. The van der Waals surface area contributed by atoms with Gasteiger partial charge < -0.3 is 9.73 Å². The van der Waals surface area contributed by atoms with Gasteiger partial charge in [0, 0.05) is 15.5 Å². The van der Waals surface area contributed by atoms with Crippen LogP contribution in [0.5, 0.6) is 0 Å². The van der Waals surface area contributed by atoms with Crippen molar-refractivity contribution in [1.82, 2.24) is 15.5 Å². The molecule has 0 spiro atoms. The summed E-state index contributed by atoms with van der Waals surface area (Å²) < 4.78 is 5.52. The molecule has 0 bridgehead atoms. The highest BCUT2D eigenvalue weighted by atomic mass is 35.5. The van der Waals surface area contributed by atoms with Gasteiger partial charge in [-0.1, -0.05) is 17.7 Å². The minimum absolute atomic E-state index is 0.0753. The van der Waals surface area contributed by atoms with Crippen molar-refractivity contribution in [3.63, 3.8) is 0 Å². The van der Waals surface area contributed by atoms with Crippen LogP contribution >= 0.6 is 22.9 Å². The number of rotatable bonds is 5. The minimum Gasteiger partial charge on any atom is -0.419 e. The average Bonchev–Trinajstić information content (AvgIpc) is 3.17. The molecule has 0 aliphatic carbocycles. The Labute approximate surface area is 135 Å². The third-order valence-electron chi connectivity index (χ3n) is 2.91. The maximum atomic E-state index is 11.8. The number of carbonyl (C=O) groups is 1. The van der Waals surface area contributed by atoms with Crippen LogP contribution in [0, 0.1) is 0 Å². The third-order valence-corrected chi connectivity index (χ3v) is 4.04. The van der Waals surface area contributed by atoms with Crippen LogP contribution in [0.4, 0.5) is 0 Å². The van der Waals surface area contributed by atoms with Gasteiger partial charge in [0.2, 0.25) is 17.7 Å². The van der Waals surface area contributed by atoms with Crippen LogP contribution in [-0.2, 0) is 17.8 Å². The van der Waals surface area contributed by atoms with Crippen LogP contribution in [-0.4, -0.2) is 16.1 Å². The molecule has 0 atom stereocenters. The van der Waals surface area contributed by atoms with Gasteiger partial charge in [0.15, 0.2) is 0 Å². The van der Waals surface area contributed by atoms with Crippen LogP contribution in [0.25, 0.3) is 11.5 Å². The Balaban J connectivity index is 1.57. The van der Waals surface area contributed by atoms with Gasteiger partial charge in [-0.25, -0.2) is 0 Å². The van der Waals surface area contributed by atoms with Crippen molar-refractivity contribution in [2.45, 2.75) is 13.0 Å². The summed E-state index contributed by atoms with van der Waals surface area (Å²) in [6.07, 6.45) is 0.357. The molecule has 2 aromatic heterocycles. The van der Waals surface area contributed by atoms with Crippen molar-refractivity contribution in [3.8, 4) is 11.5 Å². The number of nitrogens with zero attached hydrogens (tertiary/aromatic N) is 2. The maximum Gasteiger partial charge on any atom is 0.247 e. The zero-order valence-corrected chi connectivity index (χ0v) is 13.0. The lowest BCUT2D eigenvalue weighted by atomic mass is 10.2. The maximum absolute atomic E-state index is 11.8. The molecule has 1 amide bonds. The molecule has 0 saturated heterocycles. The smallest absolute Gasteiger partial charge is 0.247 e. The highest BCUT2D eigenvalue weighted by molar-refractivity contribution is 7.10. The first-order valence-electron chi connectivity index (χ1n) is 6.58. The Morgan fingerprint density at radius 2 is 2.05 bits per heavy atom. The van der Waals surface area contributed by atoms with Crippen molar-refractivity contribution in [1.29, 1.82) is 0 Å². The first-order chi connectivity index (χ1) is 10.7. The summed E-state index contributed by atoms with van der Waals surface area (Å²) in [4.78, 5) is 12.8. The number of hydrogen-bond donors (Lipinski definition) is 1. The number of benzene rings is 1. The molecule has 2 heterocycles. The summed E-state index contributed by atoms with van der Waals surface area (Å²) in [5.74, 6) is 0.692. The Morgan fingerprint density at radius 3 is 2.77 bits per heavy atom. The lowest BCUT2D eigenvalue weighted by molar-refractivity contribution is -0.120. The molecule has 0 aliphatic rings. The quantitative estimate of drug-likeness (QED) is 0.777. The molecule has 1 N–H and O–H groups in total. The van der Waals surface area contributed by atoms with E-state index in [-0.39, 0.29) is 12.5 Å². The number of carbonyl (C=O) groups excluding carboxylic acids is 1. The van der Waals surface area contributed by atoms with Gasteiger partial charge in [0.25, 0.3) is 0 Å². The molecule has 0 fully saturated rings. The monoisotopic (exact) mass is 333 g/mol. The largest absolute Gasteiger partial charge is 0.419 e. The summed E-state index contributed by atoms with van der Waals surface area (Å²) in [5.41, 5.74) is 0.785. The molecule has 0 radical (unpaired) electrons. The summed E-state index contributed by atoms with van der Waals surface area (Å²) in [6, 6.07) is 11.0. The second kappa shape index (κ2) is 6.72. The zero-order chi connectivity index (χ0) is 15.4. The SMILES string of the molecule is O=C(Cc1cccs1)NCc1nnc(-c2ccc(Cl)cc2)o1. The summed E-state index contributed by atoms with van der Waals surface area (Å²) in [6.45, 7) is 0.213. The molecule has 112 valence electrons. The first kappa shape index (κ1) is 14.7. The van der Waals surface area contributed by atoms with Crippen molar-refractivity contribution in [3.05, 3.63) is 57.6 Å². The lowest BCUT2D eigenvalue weighted by Crippen LogP contribution is -2.24. The lowest BCUT2D eigenvalue weighted by Gasteiger charge is -2.00. The topological polar surface area (TPSA) is 68.0 Å². The fourth-order valence-corrected chi connectivity index (χ4v) is 2.67. The van der Waals surface area contributed by atoms with Crippen LogP contribution in [0.15, 0.2) is 46.2 Å². The Hall–Kier alpha value is -2.18. The predicted molar refractivity (Wildman–Crippen MR) is 84.6 cm³/mol. The molecule has 22 heavy (non-hydrogen) atoms. The summed E-state index contributed by atoms with van der Waals surface area (Å²) >= 11 is 7.39. The van der Waals surface area contributed by atoms with Crippen molar-refractivity contribution in [2.24, 2.45) is 0 Å². The van der Waals surface area contributed by atoms with Crippen molar-refractivity contribution < 1.29 is 9.21 Å². The van der Waals surface area contributed by atoms with Gasteiger partial charge in [-0.15, -0.1) is 21.5 Å². The van der Waals surface area contributed by atoms with Crippen LogP contribution in [0.2, 0.25) is 5.02 Å². The standard InChI is InChI=1S/C15H12ClN3O2S/c16-11-5-3-10(4-6-11)15-19-18-14(21-15)9-17-13(20)8-12-2-1-7-22-12/h1-7H,8-9H2,(H,17,20). The molecule has 7 heteroatoms. The van der Waals surface area contributed by atoms with E-state index in [2.05, 4.69) is 15.5 Å². The van der Waals surface area contributed by atoms with Crippen LogP contribution < -0.4 is 5.32 Å². The van der Waals surface area contributed by atoms with E-state index >= 15 is 0 Å². The minimum atomic E-state index is -0.0753. The molecule has 1 aromatic carbocycles. The number of thiophene rings is 1. The third kappa shape index (κ3) is 3.72. The van der Waals surface area contributed by atoms with E-state index in [1.54, 1.807) is 35.6 Å². The predicted octanol–water partition coefficient (Wildman–Crippen LogP) is 3.31. The number of amides is 1. The van der Waals surface area contributed by atoms with Gasteiger partial charge in [-0.2, -0.15) is 0 Å². The molecular formula is C15H12ClN3O2S. The fraction of sp³-hybridized carbons (Fsp3) is 0.133. The second-order valence-electron chi connectivity index (χ2n) is 4.54. The Morgan fingerprint density at radius 1 is 1.23 bits per heavy atom. The fourth-order valence-electron chi connectivity index (χ4n) is 1.84. The van der Waals surface area contributed by atoms with E-state index in [0.29, 0.717) is 23.2 Å². The van der Waals surface area contributed by atoms with E-state index in [1.807, 2.05) is 17.5 Å². The second-order valence-corrected chi connectivity index (χ2v) is 6.01. The van der Waals surface area contributed by atoms with Gasteiger partial charge >= 0.3 is 0 Å². The highest BCUT2D eigenvalue weighted by Crippen LogP contribution is 2.20. The normalized spacial score (nSPS) is 10.6. The highest BCUT2D eigenvalue weighted by Gasteiger charge is 2.10. The van der Waals surface area contributed by atoms with E-state index in [4.69, 9.17) is 16.0 Å². The average molecular weight is 334 g/mol. The summed E-state index contributed by atoms with van der Waals surface area (Å²) in [5, 5.41) is 13.2. The van der Waals surface area contributed by atoms with E-state index in [1.165, 1.54) is 0 Å². The van der Waals surface area contributed by atoms with Gasteiger partial charge in [0.1, 0.15) is 0 Å². The number of nitrogens with one attached hydrogen (secondary N) is 1. The first-order valence-corrected chi connectivity index (χ1v) is 7.84. The Kier molecular flexibility index (Phi) is 4.50. The van der Waals surface area contributed by atoms with E-state index < -0.39 is 0 Å². The molecule has 0 unspecified atom stereocenters. The van der Waals surface area contributed by atoms with Crippen LogP contribution in [0.1, 0.15) is 10.8 Å². The van der Waals surface area contributed by atoms with Gasteiger partial charge in [-0.05, 0) is 35.7 Å². The molecule has 3 aromatic rings. The molecule has 5 nitrogen and oxygen atoms in total. The number of aromatic nitrogens is 2. The molecule has 0 aliphatic heterocycles. The van der Waals surface area contributed by atoms with E-state index in [0.717, 1.165) is 10.4 Å². The zero-order valence-electron chi connectivity index (χ0n) is 11.5. The van der Waals surface area contributed by atoms with Crippen molar-refractivity contribution >= 4 is 28.8 Å². The van der Waals surface area contributed by atoms with Crippen molar-refractivity contribution in [2.75, 3.05) is 0 Å². The Bertz CT molecular complexity index is 753. The molecule has 3 rings (SSSR count).